The molecule has 2 heterocycles. The van der Waals surface area contributed by atoms with Crippen molar-refractivity contribution in [3.05, 3.63) is 58.4 Å². The lowest BCUT2D eigenvalue weighted by Gasteiger charge is -2.07. The second kappa shape index (κ2) is 7.73. The number of alkyl halides is 1. The SMILES string of the molecule is Cc1oc2cc(OC(=O)CCCCl)ccc2c(=O)c1-c1nc2ccccc2s1. The fraction of sp³-hybridized carbons (Fsp3) is 0.190. The number of hydrogen-bond donors (Lipinski definition) is 0. The number of aromatic nitrogens is 1. The van der Waals surface area contributed by atoms with Gasteiger partial charge in [0.25, 0.3) is 0 Å². The van der Waals surface area contributed by atoms with Gasteiger partial charge in [-0.15, -0.1) is 22.9 Å². The summed E-state index contributed by atoms with van der Waals surface area (Å²) in [6.45, 7) is 1.74. The van der Waals surface area contributed by atoms with E-state index in [9.17, 15) is 9.59 Å². The molecule has 0 aliphatic heterocycles. The smallest absolute Gasteiger partial charge is 0.311 e. The molecule has 0 aliphatic rings. The maximum atomic E-state index is 13.1. The van der Waals surface area contributed by atoms with E-state index in [1.807, 2.05) is 24.3 Å². The molecule has 0 bridgehead atoms. The van der Waals surface area contributed by atoms with Gasteiger partial charge >= 0.3 is 5.97 Å². The Morgan fingerprint density at radius 1 is 1.25 bits per heavy atom. The van der Waals surface area contributed by atoms with Crippen LogP contribution in [0.15, 0.2) is 51.7 Å². The Kier molecular flexibility index (Phi) is 5.15. The third-order valence-corrected chi connectivity index (χ3v) is 5.62. The highest BCUT2D eigenvalue weighted by molar-refractivity contribution is 7.21. The van der Waals surface area contributed by atoms with E-state index in [1.165, 1.54) is 11.3 Å². The summed E-state index contributed by atoms with van der Waals surface area (Å²) in [6, 6.07) is 12.5. The molecule has 4 rings (SSSR count). The first kappa shape index (κ1) is 18.7. The summed E-state index contributed by atoms with van der Waals surface area (Å²) in [5.41, 5.74) is 1.52. The minimum atomic E-state index is -0.370. The third kappa shape index (κ3) is 3.53. The molecule has 7 heteroatoms. The largest absolute Gasteiger partial charge is 0.460 e. The minimum Gasteiger partial charge on any atom is -0.460 e. The van der Waals surface area contributed by atoms with Gasteiger partial charge in [-0.05, 0) is 37.6 Å². The summed E-state index contributed by atoms with van der Waals surface area (Å²) in [6.07, 6.45) is 0.786. The summed E-state index contributed by atoms with van der Waals surface area (Å²) in [5, 5.41) is 1.05. The molecular weight excluding hydrogens is 398 g/mol. The average Bonchev–Trinajstić information content (AvgIpc) is 3.09. The van der Waals surface area contributed by atoms with Crippen LogP contribution in [0.1, 0.15) is 18.6 Å². The Bertz CT molecular complexity index is 1210. The quantitative estimate of drug-likeness (QED) is 0.252. The third-order valence-electron chi connectivity index (χ3n) is 4.29. The lowest BCUT2D eigenvalue weighted by Crippen LogP contribution is -2.09. The van der Waals surface area contributed by atoms with Gasteiger partial charge in [0.2, 0.25) is 5.43 Å². The molecule has 0 spiro atoms. The average molecular weight is 414 g/mol. The molecule has 2 aromatic carbocycles. The number of esters is 1. The van der Waals surface area contributed by atoms with Crippen LogP contribution in [-0.2, 0) is 4.79 Å². The maximum Gasteiger partial charge on any atom is 0.311 e. The van der Waals surface area contributed by atoms with E-state index in [4.69, 9.17) is 20.8 Å². The van der Waals surface area contributed by atoms with Crippen molar-refractivity contribution in [3.8, 4) is 16.3 Å². The Hall–Kier alpha value is -2.70. The molecular formula is C21H16ClNO4S. The van der Waals surface area contributed by atoms with Gasteiger partial charge in [0.1, 0.15) is 22.1 Å². The van der Waals surface area contributed by atoms with E-state index >= 15 is 0 Å². The summed E-state index contributed by atoms with van der Waals surface area (Å²) in [5.74, 6) is 0.838. The summed E-state index contributed by atoms with van der Waals surface area (Å²) < 4.78 is 12.2. The topological polar surface area (TPSA) is 69.4 Å². The highest BCUT2D eigenvalue weighted by Crippen LogP contribution is 2.32. The molecule has 4 aromatic rings. The first-order valence-corrected chi connectivity index (χ1v) is 10.1. The van der Waals surface area contributed by atoms with Crippen LogP contribution in [0, 0.1) is 6.92 Å². The van der Waals surface area contributed by atoms with E-state index in [0.717, 1.165) is 10.2 Å². The molecule has 0 N–H and O–H groups in total. The first-order chi connectivity index (χ1) is 13.6. The Balaban J connectivity index is 1.75. The van der Waals surface area contributed by atoms with Crippen LogP contribution in [0.3, 0.4) is 0 Å². The fourth-order valence-corrected chi connectivity index (χ4v) is 4.16. The molecule has 0 radical (unpaired) electrons. The zero-order valence-corrected chi connectivity index (χ0v) is 16.6. The number of hydrogen-bond acceptors (Lipinski definition) is 6. The van der Waals surface area contributed by atoms with Crippen LogP contribution in [0.25, 0.3) is 31.8 Å². The predicted molar refractivity (Wildman–Crippen MR) is 111 cm³/mol. The van der Waals surface area contributed by atoms with Crippen molar-refractivity contribution in [3.63, 3.8) is 0 Å². The Morgan fingerprint density at radius 3 is 2.86 bits per heavy atom. The number of halogens is 1. The molecule has 0 amide bonds. The van der Waals surface area contributed by atoms with Crippen LogP contribution in [-0.4, -0.2) is 16.8 Å². The lowest BCUT2D eigenvalue weighted by molar-refractivity contribution is -0.134. The van der Waals surface area contributed by atoms with Crippen LogP contribution in [0.2, 0.25) is 0 Å². The minimum absolute atomic E-state index is 0.155. The summed E-state index contributed by atoms with van der Waals surface area (Å²) >= 11 is 7.05. The predicted octanol–water partition coefficient (Wildman–Crippen LogP) is 5.30. The van der Waals surface area contributed by atoms with Crippen molar-refractivity contribution in [1.82, 2.24) is 4.98 Å². The molecule has 0 saturated heterocycles. The zero-order chi connectivity index (χ0) is 19.7. The molecule has 0 aliphatic carbocycles. The lowest BCUT2D eigenvalue weighted by atomic mass is 10.1. The van der Waals surface area contributed by atoms with Crippen LogP contribution in [0.5, 0.6) is 5.75 Å². The molecule has 142 valence electrons. The highest BCUT2D eigenvalue weighted by Gasteiger charge is 2.18. The summed E-state index contributed by atoms with van der Waals surface area (Å²) in [7, 11) is 0. The normalized spacial score (nSPS) is 11.2. The first-order valence-electron chi connectivity index (χ1n) is 8.77. The van der Waals surface area contributed by atoms with E-state index in [-0.39, 0.29) is 17.8 Å². The number of carbonyl (C=O) groups excluding carboxylic acids is 1. The molecule has 5 nitrogen and oxygen atoms in total. The molecule has 0 saturated carbocycles. The highest BCUT2D eigenvalue weighted by atomic mass is 35.5. The van der Waals surface area contributed by atoms with Crippen LogP contribution < -0.4 is 10.2 Å². The number of nitrogens with zero attached hydrogens (tertiary/aromatic N) is 1. The number of para-hydroxylation sites is 1. The molecule has 0 fully saturated rings. The van der Waals surface area contributed by atoms with Gasteiger partial charge in [-0.2, -0.15) is 0 Å². The Morgan fingerprint density at radius 2 is 2.07 bits per heavy atom. The van der Waals surface area contributed by atoms with E-state index < -0.39 is 0 Å². The number of benzene rings is 2. The number of ether oxygens (including phenoxy) is 1. The molecule has 2 aromatic heterocycles. The Labute approximate surface area is 169 Å². The van der Waals surface area contributed by atoms with Gasteiger partial charge < -0.3 is 9.15 Å². The van der Waals surface area contributed by atoms with Crippen molar-refractivity contribution in [2.75, 3.05) is 5.88 Å². The van der Waals surface area contributed by atoms with Crippen LogP contribution in [0.4, 0.5) is 0 Å². The molecule has 28 heavy (non-hydrogen) atoms. The second-order valence-corrected chi connectivity index (χ2v) is 7.68. The number of aryl methyl sites for hydroxylation is 1. The number of fused-ring (bicyclic) bond motifs is 2. The monoisotopic (exact) mass is 413 g/mol. The van der Waals surface area contributed by atoms with Gasteiger partial charge in [-0.1, -0.05) is 12.1 Å². The number of thiazole rings is 1. The van der Waals surface area contributed by atoms with E-state index in [2.05, 4.69) is 4.98 Å². The van der Waals surface area contributed by atoms with Crippen molar-refractivity contribution in [2.24, 2.45) is 0 Å². The maximum absolute atomic E-state index is 13.1. The standard InChI is InChI=1S/C21H16ClNO4S/c1-12-19(21-23-15-5-2-3-6-17(15)28-21)20(25)14-9-8-13(11-16(14)26-12)27-18(24)7-4-10-22/h2-3,5-6,8-9,11H,4,7,10H2,1H3. The van der Waals surface area contributed by atoms with Gasteiger partial charge in [0.05, 0.1) is 21.2 Å². The molecule has 0 unspecified atom stereocenters. The zero-order valence-electron chi connectivity index (χ0n) is 15.0. The summed E-state index contributed by atoms with van der Waals surface area (Å²) in [4.78, 5) is 29.4. The van der Waals surface area contributed by atoms with E-state index in [1.54, 1.807) is 25.1 Å². The van der Waals surface area contributed by atoms with Crippen LogP contribution >= 0.6 is 22.9 Å². The fourth-order valence-electron chi connectivity index (χ4n) is 2.97. The van der Waals surface area contributed by atoms with E-state index in [0.29, 0.717) is 45.4 Å². The van der Waals surface area contributed by atoms with Gasteiger partial charge in [-0.25, -0.2) is 4.98 Å². The van der Waals surface area contributed by atoms with Gasteiger partial charge in [0.15, 0.2) is 0 Å². The molecule has 0 atom stereocenters. The van der Waals surface area contributed by atoms with Crippen molar-refractivity contribution in [2.45, 2.75) is 19.8 Å². The second-order valence-electron chi connectivity index (χ2n) is 6.27. The van der Waals surface area contributed by atoms with Crippen molar-refractivity contribution < 1.29 is 13.9 Å². The van der Waals surface area contributed by atoms with Crippen molar-refractivity contribution in [1.29, 1.82) is 0 Å². The van der Waals surface area contributed by atoms with Gasteiger partial charge in [-0.3, -0.25) is 9.59 Å². The van der Waals surface area contributed by atoms with Gasteiger partial charge in [0, 0.05) is 18.4 Å². The van der Waals surface area contributed by atoms with Crippen molar-refractivity contribution >= 4 is 50.1 Å². The number of carbonyl (C=O) groups is 1. The number of rotatable bonds is 5.